The highest BCUT2D eigenvalue weighted by atomic mass is 16.5. The molecule has 1 aromatic heterocycles. The van der Waals surface area contributed by atoms with Gasteiger partial charge >= 0.3 is 6.03 Å². The van der Waals surface area contributed by atoms with Crippen LogP contribution in [-0.2, 0) is 0 Å². The number of nitrogens with one attached hydrogen (secondary N) is 2. The Bertz CT molecular complexity index is 1370. The lowest BCUT2D eigenvalue weighted by Gasteiger charge is -2.38. The predicted octanol–water partition coefficient (Wildman–Crippen LogP) is 3.12. The van der Waals surface area contributed by atoms with Crippen molar-refractivity contribution in [1.29, 1.82) is 0 Å². The summed E-state index contributed by atoms with van der Waals surface area (Å²) in [6, 6.07) is 11.0. The zero-order valence-electron chi connectivity index (χ0n) is 23.4. The quantitative estimate of drug-likeness (QED) is 0.380. The van der Waals surface area contributed by atoms with Crippen molar-refractivity contribution in [3.63, 3.8) is 0 Å². The summed E-state index contributed by atoms with van der Waals surface area (Å²) >= 11 is 0. The summed E-state index contributed by atoms with van der Waals surface area (Å²) in [6.07, 6.45) is 3.63. The highest BCUT2D eigenvalue weighted by molar-refractivity contribution is 6.06. The highest BCUT2D eigenvalue weighted by Crippen LogP contribution is 2.35. The molecule has 0 spiro atoms. The molecule has 0 aliphatic carbocycles. The normalized spacial score (nSPS) is 17.3. The van der Waals surface area contributed by atoms with Crippen molar-refractivity contribution in [3.8, 4) is 11.5 Å². The summed E-state index contributed by atoms with van der Waals surface area (Å²) in [4.78, 5) is 50.7. The first kappa shape index (κ1) is 29.3. The minimum atomic E-state index is -0.573. The highest BCUT2D eigenvalue weighted by Gasteiger charge is 2.35. The number of fused-ring (bicyclic) bond motifs is 1. The maximum Gasteiger partial charge on any atom is 0.321 e. The van der Waals surface area contributed by atoms with E-state index in [4.69, 9.17) is 9.47 Å². The molecular formula is C29H34N6O6. The fourth-order valence-corrected chi connectivity index (χ4v) is 4.41. The summed E-state index contributed by atoms with van der Waals surface area (Å²) < 4.78 is 11.6. The van der Waals surface area contributed by atoms with Gasteiger partial charge in [-0.1, -0.05) is 13.0 Å². The molecule has 4 amide bonds. The van der Waals surface area contributed by atoms with E-state index in [1.807, 2.05) is 6.92 Å². The van der Waals surface area contributed by atoms with Crippen molar-refractivity contribution in [2.45, 2.75) is 26.0 Å². The van der Waals surface area contributed by atoms with Gasteiger partial charge in [0.1, 0.15) is 17.5 Å². The van der Waals surface area contributed by atoms with Gasteiger partial charge in [0, 0.05) is 37.6 Å². The molecule has 3 N–H and O–H groups in total. The zero-order valence-corrected chi connectivity index (χ0v) is 23.4. The number of carbonyl (C=O) groups excluding carboxylic acids is 3. The molecule has 0 fully saturated rings. The molecule has 0 saturated carbocycles. The molecule has 1 aliphatic rings. The van der Waals surface area contributed by atoms with Gasteiger partial charge in [0.25, 0.3) is 11.8 Å². The van der Waals surface area contributed by atoms with Crippen molar-refractivity contribution in [3.05, 3.63) is 72.3 Å². The molecule has 1 aliphatic heterocycles. The number of hydrogen-bond acceptors (Lipinski definition) is 8. The number of methoxy groups -OCH3 is 1. The lowest BCUT2D eigenvalue weighted by atomic mass is 9.99. The molecule has 12 nitrogen and oxygen atoms in total. The second-order valence-electron chi connectivity index (χ2n) is 9.89. The van der Waals surface area contributed by atoms with Crippen molar-refractivity contribution in [1.82, 2.24) is 19.8 Å². The molecule has 41 heavy (non-hydrogen) atoms. The molecule has 0 bridgehead atoms. The third-order valence-electron chi connectivity index (χ3n) is 6.88. The maximum absolute atomic E-state index is 13.6. The van der Waals surface area contributed by atoms with Crippen LogP contribution in [0.5, 0.6) is 11.5 Å². The number of aliphatic hydroxyl groups excluding tert-OH is 1. The topological polar surface area (TPSA) is 146 Å². The second-order valence-corrected chi connectivity index (χ2v) is 9.89. The van der Waals surface area contributed by atoms with E-state index in [1.165, 1.54) is 23.5 Å². The number of urea groups is 1. The SMILES string of the molecule is COc1ccc(NC(=O)N(C)C[C@H]2Oc3c(NC(=O)c4cnccn4)cccc3C(=O)N([C@H](C)CO)C[C@H]2C)cc1. The van der Waals surface area contributed by atoms with Crippen molar-refractivity contribution >= 4 is 29.2 Å². The van der Waals surface area contributed by atoms with Crippen LogP contribution >= 0.6 is 0 Å². The Morgan fingerprint density at radius 2 is 1.95 bits per heavy atom. The lowest BCUT2D eigenvalue weighted by molar-refractivity contribution is 0.0372. The van der Waals surface area contributed by atoms with Gasteiger partial charge in [0.15, 0.2) is 5.75 Å². The molecule has 2 aromatic carbocycles. The number of likely N-dealkylation sites (N-methyl/N-ethyl adjacent to an activating group) is 1. The maximum atomic E-state index is 13.6. The molecule has 0 unspecified atom stereocenters. The van der Waals surface area contributed by atoms with Crippen LogP contribution in [0.4, 0.5) is 16.2 Å². The third kappa shape index (κ3) is 6.90. The Balaban J connectivity index is 1.62. The molecular weight excluding hydrogens is 528 g/mol. The lowest BCUT2D eigenvalue weighted by Crippen LogP contribution is -2.50. The van der Waals surface area contributed by atoms with E-state index in [9.17, 15) is 19.5 Å². The number of hydrogen-bond donors (Lipinski definition) is 3. The van der Waals surface area contributed by atoms with Gasteiger partial charge in [-0.05, 0) is 43.3 Å². The zero-order chi connectivity index (χ0) is 29.5. The molecule has 12 heteroatoms. The average molecular weight is 563 g/mol. The van der Waals surface area contributed by atoms with Crippen molar-refractivity contribution < 1.29 is 29.0 Å². The average Bonchev–Trinajstić information content (AvgIpc) is 2.99. The van der Waals surface area contributed by atoms with E-state index in [-0.39, 0.29) is 60.2 Å². The van der Waals surface area contributed by atoms with Gasteiger partial charge in [0.2, 0.25) is 0 Å². The number of aliphatic hydroxyl groups is 1. The Hall–Kier alpha value is -4.71. The number of benzene rings is 2. The van der Waals surface area contributed by atoms with Gasteiger partial charge in [-0.15, -0.1) is 0 Å². The van der Waals surface area contributed by atoms with Crippen molar-refractivity contribution in [2.75, 3.05) is 44.5 Å². The van der Waals surface area contributed by atoms with E-state index in [1.54, 1.807) is 68.4 Å². The monoisotopic (exact) mass is 562 g/mol. The number of nitrogens with zero attached hydrogens (tertiary/aromatic N) is 4. The van der Waals surface area contributed by atoms with Crippen LogP contribution in [0.2, 0.25) is 0 Å². The second kappa shape index (κ2) is 13.1. The van der Waals surface area contributed by atoms with Gasteiger partial charge in [-0.3, -0.25) is 14.6 Å². The van der Waals surface area contributed by atoms with Gasteiger partial charge < -0.3 is 35.0 Å². The number of para-hydroxylation sites is 1. The van der Waals surface area contributed by atoms with Crippen LogP contribution in [0.25, 0.3) is 0 Å². The number of carbonyl (C=O) groups is 3. The summed E-state index contributed by atoms with van der Waals surface area (Å²) in [5.74, 6) is -0.268. The van der Waals surface area contributed by atoms with Gasteiger partial charge in [-0.25, -0.2) is 9.78 Å². The first-order valence-corrected chi connectivity index (χ1v) is 13.2. The Morgan fingerprint density at radius 3 is 2.61 bits per heavy atom. The number of amides is 4. The summed E-state index contributed by atoms with van der Waals surface area (Å²) in [6.45, 7) is 3.90. The Morgan fingerprint density at radius 1 is 1.20 bits per heavy atom. The molecule has 2 heterocycles. The predicted molar refractivity (Wildman–Crippen MR) is 152 cm³/mol. The van der Waals surface area contributed by atoms with Crippen LogP contribution in [0.1, 0.15) is 34.7 Å². The first-order valence-electron chi connectivity index (χ1n) is 13.2. The number of rotatable bonds is 8. The molecule has 3 aromatic rings. The van der Waals surface area contributed by atoms with Crippen LogP contribution < -0.4 is 20.1 Å². The van der Waals surface area contributed by atoms with E-state index >= 15 is 0 Å². The van der Waals surface area contributed by atoms with E-state index in [2.05, 4.69) is 20.6 Å². The molecule has 216 valence electrons. The van der Waals surface area contributed by atoms with E-state index in [0.29, 0.717) is 11.4 Å². The van der Waals surface area contributed by atoms with Crippen LogP contribution in [0.15, 0.2) is 61.1 Å². The largest absolute Gasteiger partial charge is 0.497 e. The first-order chi connectivity index (χ1) is 19.7. The number of aromatic nitrogens is 2. The van der Waals surface area contributed by atoms with Crippen LogP contribution in [0, 0.1) is 5.92 Å². The van der Waals surface area contributed by atoms with E-state index < -0.39 is 18.1 Å². The summed E-state index contributed by atoms with van der Waals surface area (Å²) in [5, 5.41) is 15.5. The van der Waals surface area contributed by atoms with Crippen molar-refractivity contribution in [2.24, 2.45) is 5.92 Å². The fourth-order valence-electron chi connectivity index (χ4n) is 4.41. The number of anilines is 2. The Kier molecular flexibility index (Phi) is 9.35. The molecule has 3 atom stereocenters. The van der Waals surface area contributed by atoms with Crippen LogP contribution in [0.3, 0.4) is 0 Å². The fraction of sp³-hybridized carbons (Fsp3) is 0.345. The molecule has 4 rings (SSSR count). The standard InChI is InChI=1S/C29H34N6O6/c1-18-15-35(19(2)17-36)28(38)22-6-5-7-23(33-27(37)24-14-30-12-13-31-24)26(22)41-25(18)16-34(3)29(39)32-20-8-10-21(40-4)11-9-20/h5-14,18-19,25,36H,15-17H2,1-4H3,(H,32,39)(H,33,37)/t18-,19-,25-/m1/s1. The Labute approximate surface area is 238 Å². The molecule has 0 radical (unpaired) electrons. The van der Waals surface area contributed by atoms with Gasteiger partial charge in [-0.2, -0.15) is 0 Å². The summed E-state index contributed by atoms with van der Waals surface area (Å²) in [7, 11) is 3.22. The van der Waals surface area contributed by atoms with Crippen LogP contribution in [-0.4, -0.2) is 88.7 Å². The summed E-state index contributed by atoms with van der Waals surface area (Å²) in [5.41, 5.74) is 1.19. The third-order valence-corrected chi connectivity index (χ3v) is 6.88. The van der Waals surface area contributed by atoms with Gasteiger partial charge in [0.05, 0.1) is 43.8 Å². The number of ether oxygens (including phenoxy) is 2. The minimum absolute atomic E-state index is 0.0951. The van der Waals surface area contributed by atoms with E-state index in [0.717, 1.165) is 0 Å². The minimum Gasteiger partial charge on any atom is -0.497 e. The molecule has 0 saturated heterocycles. The smallest absolute Gasteiger partial charge is 0.321 e.